The molecule has 0 spiro atoms. The number of amides is 2. The summed E-state index contributed by atoms with van der Waals surface area (Å²) in [6.07, 6.45) is 1.98. The van der Waals surface area contributed by atoms with E-state index in [1.165, 1.54) is 6.07 Å². The van der Waals surface area contributed by atoms with Crippen LogP contribution in [0.25, 0.3) is 0 Å². The third-order valence-electron chi connectivity index (χ3n) is 4.14. The summed E-state index contributed by atoms with van der Waals surface area (Å²) in [5.74, 6) is -0.647. The molecule has 1 saturated carbocycles. The van der Waals surface area contributed by atoms with E-state index in [4.69, 9.17) is 0 Å². The Labute approximate surface area is 156 Å². The van der Waals surface area contributed by atoms with E-state index in [0.29, 0.717) is 23.5 Å². The van der Waals surface area contributed by atoms with Crippen LogP contribution < -0.4 is 16.0 Å². The maximum Gasteiger partial charge on any atom is 0.293 e. The van der Waals surface area contributed by atoms with E-state index >= 15 is 0 Å². The van der Waals surface area contributed by atoms with Crippen LogP contribution in [0.4, 0.5) is 17.1 Å². The summed E-state index contributed by atoms with van der Waals surface area (Å²) in [6, 6.07) is 11.1. The van der Waals surface area contributed by atoms with Crippen molar-refractivity contribution in [3.8, 4) is 0 Å². The van der Waals surface area contributed by atoms with Crippen molar-refractivity contribution in [3.05, 3.63) is 63.7 Å². The van der Waals surface area contributed by atoms with Gasteiger partial charge in [0.05, 0.1) is 4.92 Å². The molecule has 2 aromatic rings. The van der Waals surface area contributed by atoms with Gasteiger partial charge in [-0.25, -0.2) is 0 Å². The van der Waals surface area contributed by atoms with Gasteiger partial charge < -0.3 is 16.0 Å². The second kappa shape index (κ2) is 7.86. The number of nitrogens with one attached hydrogen (secondary N) is 3. The lowest BCUT2D eigenvalue weighted by molar-refractivity contribution is -0.384. The quantitative estimate of drug-likeness (QED) is 0.513. The van der Waals surface area contributed by atoms with Gasteiger partial charge in [-0.15, -0.1) is 0 Å². The van der Waals surface area contributed by atoms with Crippen LogP contribution in [0.2, 0.25) is 0 Å². The van der Waals surface area contributed by atoms with Crippen LogP contribution >= 0.6 is 0 Å². The minimum atomic E-state index is -0.497. The number of hydrogen-bond acceptors (Lipinski definition) is 5. The Morgan fingerprint density at radius 1 is 1.07 bits per heavy atom. The van der Waals surface area contributed by atoms with Crippen molar-refractivity contribution in [2.24, 2.45) is 0 Å². The molecule has 0 heterocycles. The van der Waals surface area contributed by atoms with Crippen LogP contribution in [-0.4, -0.2) is 29.3 Å². The smallest absolute Gasteiger partial charge is 0.293 e. The van der Waals surface area contributed by atoms with Gasteiger partial charge in [-0.1, -0.05) is 0 Å². The van der Waals surface area contributed by atoms with E-state index < -0.39 is 10.8 Å². The second-order valence-corrected chi connectivity index (χ2v) is 6.30. The van der Waals surface area contributed by atoms with Gasteiger partial charge in [0.2, 0.25) is 0 Å². The molecule has 3 N–H and O–H groups in total. The monoisotopic (exact) mass is 368 g/mol. The number of nitrogens with zero attached hydrogens (tertiary/aromatic N) is 1. The summed E-state index contributed by atoms with van der Waals surface area (Å²) in [7, 11) is 0. The first kappa shape index (κ1) is 18.4. The molecular weight excluding hydrogens is 348 g/mol. The molecule has 0 aromatic heterocycles. The molecule has 140 valence electrons. The van der Waals surface area contributed by atoms with Crippen LogP contribution in [0.1, 0.15) is 40.5 Å². The lowest BCUT2D eigenvalue weighted by Crippen LogP contribution is -2.22. The zero-order valence-corrected chi connectivity index (χ0v) is 14.8. The van der Waals surface area contributed by atoms with E-state index in [-0.39, 0.29) is 23.2 Å². The Morgan fingerprint density at radius 2 is 1.74 bits per heavy atom. The summed E-state index contributed by atoms with van der Waals surface area (Å²) in [5.41, 5.74) is 1.47. The van der Waals surface area contributed by atoms with Gasteiger partial charge in [0.15, 0.2) is 0 Å². The molecule has 8 nitrogen and oxygen atoms in total. The molecule has 0 aliphatic heterocycles. The van der Waals surface area contributed by atoms with Crippen molar-refractivity contribution in [1.29, 1.82) is 0 Å². The molecule has 1 aliphatic rings. The highest BCUT2D eigenvalue weighted by Gasteiger charge is 2.25. The van der Waals surface area contributed by atoms with Crippen molar-refractivity contribution in [1.82, 2.24) is 5.32 Å². The third-order valence-corrected chi connectivity index (χ3v) is 4.14. The maximum atomic E-state index is 12.4. The average Bonchev–Trinajstić information content (AvgIpc) is 3.46. The molecule has 1 fully saturated rings. The highest BCUT2D eigenvalue weighted by molar-refractivity contribution is 6.05. The highest BCUT2D eigenvalue weighted by atomic mass is 16.6. The molecule has 0 bridgehead atoms. The Hall–Kier alpha value is -3.42. The minimum Gasteiger partial charge on any atom is -0.377 e. The molecule has 0 unspecified atom stereocenters. The fourth-order valence-electron chi connectivity index (χ4n) is 2.56. The number of anilines is 2. The topological polar surface area (TPSA) is 113 Å². The summed E-state index contributed by atoms with van der Waals surface area (Å²) < 4.78 is 0. The third kappa shape index (κ3) is 4.60. The number of rotatable bonds is 7. The number of benzene rings is 2. The summed E-state index contributed by atoms with van der Waals surface area (Å²) in [5, 5.41) is 19.8. The van der Waals surface area contributed by atoms with Gasteiger partial charge in [-0.3, -0.25) is 19.7 Å². The summed E-state index contributed by atoms with van der Waals surface area (Å²) >= 11 is 0. The lowest BCUT2D eigenvalue weighted by atomic mass is 10.1. The lowest BCUT2D eigenvalue weighted by Gasteiger charge is -2.09. The first-order valence-corrected chi connectivity index (χ1v) is 8.72. The van der Waals surface area contributed by atoms with Crippen LogP contribution in [-0.2, 0) is 0 Å². The van der Waals surface area contributed by atoms with Crippen molar-refractivity contribution in [2.45, 2.75) is 25.8 Å². The summed E-state index contributed by atoms with van der Waals surface area (Å²) in [4.78, 5) is 35.0. The van der Waals surface area contributed by atoms with E-state index in [2.05, 4.69) is 16.0 Å². The second-order valence-electron chi connectivity index (χ2n) is 6.30. The Kier molecular flexibility index (Phi) is 5.35. The fraction of sp³-hybridized carbons (Fsp3) is 0.263. The molecule has 1 aliphatic carbocycles. The first-order valence-electron chi connectivity index (χ1n) is 8.72. The average molecular weight is 368 g/mol. The molecule has 0 atom stereocenters. The van der Waals surface area contributed by atoms with Crippen LogP contribution in [0, 0.1) is 10.1 Å². The number of nitro benzene ring substituents is 1. The van der Waals surface area contributed by atoms with Gasteiger partial charge in [-0.05, 0) is 56.2 Å². The highest BCUT2D eigenvalue weighted by Crippen LogP contribution is 2.31. The van der Waals surface area contributed by atoms with Crippen molar-refractivity contribution >= 4 is 28.9 Å². The van der Waals surface area contributed by atoms with Crippen molar-refractivity contribution < 1.29 is 14.5 Å². The summed E-state index contributed by atoms with van der Waals surface area (Å²) in [6.45, 7) is 2.36. The zero-order valence-electron chi connectivity index (χ0n) is 14.8. The molecule has 2 aromatic carbocycles. The van der Waals surface area contributed by atoms with Gasteiger partial charge in [-0.2, -0.15) is 0 Å². The number of hydrogen-bond donors (Lipinski definition) is 3. The largest absolute Gasteiger partial charge is 0.377 e. The maximum absolute atomic E-state index is 12.4. The van der Waals surface area contributed by atoms with E-state index in [1.807, 2.05) is 6.92 Å². The molecule has 2 amide bonds. The molecular formula is C19H20N4O4. The molecule has 27 heavy (non-hydrogen) atoms. The SMILES string of the molecule is CCNC(=O)c1ccc(NC(=O)c2ccc(NC3CC3)c([N+](=O)[O-])c2)cc1. The van der Waals surface area contributed by atoms with Crippen molar-refractivity contribution in [3.63, 3.8) is 0 Å². The van der Waals surface area contributed by atoms with E-state index in [1.54, 1.807) is 36.4 Å². The predicted molar refractivity (Wildman–Crippen MR) is 102 cm³/mol. The van der Waals surface area contributed by atoms with E-state index in [9.17, 15) is 19.7 Å². The van der Waals surface area contributed by atoms with Crippen molar-refractivity contribution in [2.75, 3.05) is 17.2 Å². The molecule has 3 rings (SSSR count). The number of nitro groups is 1. The minimum absolute atomic E-state index is 0.124. The number of carbonyl (C=O) groups excluding carboxylic acids is 2. The van der Waals surface area contributed by atoms with Crippen LogP contribution in [0.15, 0.2) is 42.5 Å². The first-order chi connectivity index (χ1) is 13.0. The zero-order chi connectivity index (χ0) is 19.4. The Balaban J connectivity index is 1.72. The molecule has 0 radical (unpaired) electrons. The molecule has 0 saturated heterocycles. The fourth-order valence-corrected chi connectivity index (χ4v) is 2.56. The van der Waals surface area contributed by atoms with Gasteiger partial charge in [0, 0.05) is 35.5 Å². The van der Waals surface area contributed by atoms with Crippen LogP contribution in [0.5, 0.6) is 0 Å². The standard InChI is InChI=1S/C19H20N4O4/c1-2-20-18(24)12-3-6-15(7-4-12)22-19(25)13-5-10-16(21-14-8-9-14)17(11-13)23(26)27/h3-7,10-11,14,21H,2,8-9H2,1H3,(H,20,24)(H,22,25). The normalized spacial score (nSPS) is 12.9. The van der Waals surface area contributed by atoms with Crippen LogP contribution in [0.3, 0.4) is 0 Å². The Bertz CT molecular complexity index is 876. The van der Waals surface area contributed by atoms with Gasteiger partial charge in [0.25, 0.3) is 17.5 Å². The predicted octanol–water partition coefficient (Wildman–Crippen LogP) is 3.17. The molecule has 8 heteroatoms. The Morgan fingerprint density at radius 3 is 2.33 bits per heavy atom. The van der Waals surface area contributed by atoms with Gasteiger partial charge in [0.1, 0.15) is 5.69 Å². The number of carbonyl (C=O) groups is 2. The van der Waals surface area contributed by atoms with Gasteiger partial charge >= 0.3 is 0 Å². The van der Waals surface area contributed by atoms with E-state index in [0.717, 1.165) is 12.8 Å².